The average molecular weight is 594 g/mol. The van der Waals surface area contributed by atoms with Gasteiger partial charge in [-0.3, -0.25) is 9.69 Å². The van der Waals surface area contributed by atoms with Crippen LogP contribution in [0.25, 0.3) is 11.1 Å². The molecule has 218 valence electrons. The van der Waals surface area contributed by atoms with E-state index in [1.165, 1.54) is 17.3 Å². The number of rotatable bonds is 14. The van der Waals surface area contributed by atoms with E-state index < -0.39 is 12.0 Å². The summed E-state index contributed by atoms with van der Waals surface area (Å²) in [6.45, 7) is 5.09. The SMILES string of the molecule is CSCC[C@H](NC(=O)c1ccc(CN2C[C@H]([SH+]C)C[C@@H]2COCc2ccccc2)cc1-c1ccccc1C)C(=O)O. The number of aryl methyl sites for hydroxylation is 1. The molecule has 0 unspecified atom stereocenters. The van der Waals surface area contributed by atoms with Gasteiger partial charge in [0, 0.05) is 31.1 Å². The third kappa shape index (κ3) is 8.61. The molecule has 1 aliphatic heterocycles. The monoisotopic (exact) mass is 593 g/mol. The van der Waals surface area contributed by atoms with Crippen molar-refractivity contribution < 1.29 is 19.4 Å². The number of aliphatic carboxylic acids is 1. The lowest BCUT2D eigenvalue weighted by Crippen LogP contribution is -2.41. The average Bonchev–Trinajstić information content (AvgIpc) is 3.37. The molecule has 0 radical (unpaired) electrons. The summed E-state index contributed by atoms with van der Waals surface area (Å²) in [5.74, 6) is -0.715. The smallest absolute Gasteiger partial charge is 0.326 e. The van der Waals surface area contributed by atoms with Crippen LogP contribution in [0.15, 0.2) is 72.8 Å². The first-order valence-corrected chi connectivity index (χ1v) is 16.9. The Bertz CT molecular complexity index is 1300. The number of thiol groups is 1. The number of carboxylic acids is 1. The van der Waals surface area contributed by atoms with Gasteiger partial charge in [-0.1, -0.05) is 60.7 Å². The zero-order valence-electron chi connectivity index (χ0n) is 24.1. The topological polar surface area (TPSA) is 78.9 Å². The van der Waals surface area contributed by atoms with E-state index >= 15 is 0 Å². The first-order chi connectivity index (χ1) is 19.9. The van der Waals surface area contributed by atoms with Crippen molar-refractivity contribution in [3.05, 3.63) is 95.1 Å². The highest BCUT2D eigenvalue weighted by Gasteiger charge is 2.35. The Morgan fingerprint density at radius 2 is 1.83 bits per heavy atom. The number of ether oxygens (including phenoxy) is 1. The molecule has 1 aliphatic rings. The van der Waals surface area contributed by atoms with Gasteiger partial charge in [-0.15, -0.1) is 0 Å². The summed E-state index contributed by atoms with van der Waals surface area (Å²) in [5.41, 5.74) is 5.66. The van der Waals surface area contributed by atoms with Gasteiger partial charge in [-0.2, -0.15) is 11.8 Å². The van der Waals surface area contributed by atoms with Crippen molar-refractivity contribution in [3.63, 3.8) is 0 Å². The van der Waals surface area contributed by atoms with Crippen LogP contribution in [0.4, 0.5) is 0 Å². The Hall–Kier alpha value is -2.78. The molecule has 3 atom stereocenters. The summed E-state index contributed by atoms with van der Waals surface area (Å²) in [6, 6.07) is 23.7. The normalized spacial score (nSPS) is 17.8. The van der Waals surface area contributed by atoms with Crippen LogP contribution in [0.3, 0.4) is 0 Å². The van der Waals surface area contributed by atoms with Crippen LogP contribution in [0.5, 0.6) is 0 Å². The number of hydrogen-bond donors (Lipinski definition) is 2. The molecule has 0 spiro atoms. The number of carbonyl (C=O) groups is 2. The number of carbonyl (C=O) groups excluding carboxylic acids is 1. The van der Waals surface area contributed by atoms with Gasteiger partial charge in [0.2, 0.25) is 0 Å². The summed E-state index contributed by atoms with van der Waals surface area (Å²) in [7, 11) is 0. The van der Waals surface area contributed by atoms with Crippen LogP contribution < -0.4 is 5.32 Å². The molecule has 0 aromatic heterocycles. The van der Waals surface area contributed by atoms with Crippen molar-refractivity contribution in [3.8, 4) is 11.1 Å². The fourth-order valence-corrected chi connectivity index (χ4v) is 6.65. The zero-order chi connectivity index (χ0) is 29.2. The minimum absolute atomic E-state index is 0.328. The van der Waals surface area contributed by atoms with Crippen molar-refractivity contribution in [2.45, 2.75) is 50.3 Å². The first-order valence-electron chi connectivity index (χ1n) is 14.1. The van der Waals surface area contributed by atoms with E-state index in [0.717, 1.165) is 41.8 Å². The summed E-state index contributed by atoms with van der Waals surface area (Å²) in [4.78, 5) is 27.8. The maximum absolute atomic E-state index is 13.4. The minimum atomic E-state index is -1.01. The van der Waals surface area contributed by atoms with Gasteiger partial charge in [0.15, 0.2) is 0 Å². The third-order valence-electron chi connectivity index (χ3n) is 7.66. The molecule has 2 N–H and O–H groups in total. The highest BCUT2D eigenvalue weighted by molar-refractivity contribution is 7.98. The van der Waals surface area contributed by atoms with Crippen LogP contribution in [0.1, 0.15) is 39.9 Å². The van der Waals surface area contributed by atoms with Crippen LogP contribution in [0, 0.1) is 6.92 Å². The standard InChI is InChI=1S/C33H40N2O4S2/c1-23-9-7-8-12-28(23)30-17-25(13-14-29(30)32(36)34-31(33(37)38)15-16-40-2)19-35-20-27(41-3)18-26(35)22-39-21-24-10-5-4-6-11-24/h4-14,17,26-27,31H,15-16,18-22H2,1-3H3,(H,34,36)(H,37,38)/p+1/t26-,27-,31+/m1/s1. The molecule has 8 heteroatoms. The van der Waals surface area contributed by atoms with Crippen molar-refractivity contribution in [1.82, 2.24) is 10.2 Å². The Balaban J connectivity index is 1.55. The summed E-state index contributed by atoms with van der Waals surface area (Å²) < 4.78 is 6.16. The van der Waals surface area contributed by atoms with Gasteiger partial charge >= 0.3 is 5.97 Å². The number of amides is 1. The van der Waals surface area contributed by atoms with E-state index in [1.54, 1.807) is 11.8 Å². The quantitative estimate of drug-likeness (QED) is 0.198. The molecule has 1 saturated heterocycles. The molecule has 0 aliphatic carbocycles. The lowest BCUT2D eigenvalue weighted by molar-refractivity contribution is -0.139. The van der Waals surface area contributed by atoms with E-state index in [9.17, 15) is 14.7 Å². The van der Waals surface area contributed by atoms with Gasteiger partial charge < -0.3 is 15.2 Å². The number of thioether (sulfide) groups is 1. The van der Waals surface area contributed by atoms with Crippen molar-refractivity contribution in [2.75, 3.05) is 31.4 Å². The number of benzene rings is 3. The Labute approximate surface area is 252 Å². The summed E-state index contributed by atoms with van der Waals surface area (Å²) in [5, 5.41) is 13.1. The van der Waals surface area contributed by atoms with Crippen LogP contribution in [-0.4, -0.2) is 70.6 Å². The molecule has 3 aromatic carbocycles. The summed E-state index contributed by atoms with van der Waals surface area (Å²) >= 11 is 2.96. The van der Waals surface area contributed by atoms with Crippen LogP contribution in [0.2, 0.25) is 0 Å². The van der Waals surface area contributed by atoms with E-state index in [2.05, 4.69) is 34.7 Å². The van der Waals surface area contributed by atoms with Crippen molar-refractivity contribution in [1.29, 1.82) is 0 Å². The van der Waals surface area contributed by atoms with E-state index in [0.29, 0.717) is 42.2 Å². The number of nitrogens with one attached hydrogen (secondary N) is 1. The van der Waals surface area contributed by atoms with Gasteiger partial charge in [0.25, 0.3) is 5.91 Å². The zero-order valence-corrected chi connectivity index (χ0v) is 25.8. The lowest BCUT2D eigenvalue weighted by Gasteiger charge is -2.24. The minimum Gasteiger partial charge on any atom is -0.480 e. The Morgan fingerprint density at radius 3 is 2.54 bits per heavy atom. The Morgan fingerprint density at radius 1 is 1.07 bits per heavy atom. The summed E-state index contributed by atoms with van der Waals surface area (Å²) in [6.07, 6.45) is 5.63. The second-order valence-electron chi connectivity index (χ2n) is 10.6. The molecule has 4 rings (SSSR count). The number of nitrogens with zero attached hydrogens (tertiary/aromatic N) is 1. The maximum atomic E-state index is 13.4. The number of hydrogen-bond acceptors (Lipinski definition) is 5. The van der Waals surface area contributed by atoms with E-state index in [-0.39, 0.29) is 5.91 Å². The van der Waals surface area contributed by atoms with Gasteiger partial charge in [-0.05, 0) is 77.1 Å². The molecule has 3 aromatic rings. The molecule has 1 heterocycles. The lowest BCUT2D eigenvalue weighted by atomic mass is 9.93. The second-order valence-corrected chi connectivity index (χ2v) is 12.8. The molecule has 0 bridgehead atoms. The largest absolute Gasteiger partial charge is 0.480 e. The number of likely N-dealkylation sites (tertiary alicyclic amines) is 1. The fraction of sp³-hybridized carbons (Fsp3) is 0.394. The molecule has 1 amide bonds. The van der Waals surface area contributed by atoms with Crippen LogP contribution >= 0.6 is 11.8 Å². The van der Waals surface area contributed by atoms with Crippen LogP contribution in [-0.2, 0) is 34.4 Å². The second kappa shape index (κ2) is 15.4. The van der Waals surface area contributed by atoms with Crippen molar-refractivity contribution in [2.24, 2.45) is 0 Å². The molecular formula is C33H41N2O4S2+. The maximum Gasteiger partial charge on any atom is 0.326 e. The Kier molecular flexibility index (Phi) is 11.7. The fourth-order valence-electron chi connectivity index (χ4n) is 5.35. The molecule has 6 nitrogen and oxygen atoms in total. The highest BCUT2D eigenvalue weighted by atomic mass is 32.2. The number of carboxylic acid groups (broad SMARTS) is 1. The first kappa shape index (κ1) is 31.2. The predicted molar refractivity (Wildman–Crippen MR) is 172 cm³/mol. The third-order valence-corrected chi connectivity index (χ3v) is 9.40. The molecule has 1 fully saturated rings. The van der Waals surface area contributed by atoms with Gasteiger partial charge in [0.1, 0.15) is 11.3 Å². The predicted octanol–water partition coefficient (Wildman–Crippen LogP) is 5.20. The van der Waals surface area contributed by atoms with Gasteiger partial charge in [-0.25, -0.2) is 4.79 Å². The van der Waals surface area contributed by atoms with E-state index in [4.69, 9.17) is 4.74 Å². The molecule has 41 heavy (non-hydrogen) atoms. The highest BCUT2D eigenvalue weighted by Crippen LogP contribution is 2.30. The molecule has 0 saturated carbocycles. The molecular weight excluding hydrogens is 553 g/mol. The van der Waals surface area contributed by atoms with Gasteiger partial charge in [0.05, 0.1) is 19.5 Å². The van der Waals surface area contributed by atoms with E-state index in [1.807, 2.05) is 67.8 Å². The van der Waals surface area contributed by atoms with Crippen molar-refractivity contribution >= 4 is 35.4 Å².